The van der Waals surface area contributed by atoms with Crippen LogP contribution < -0.4 is 14.4 Å². The minimum absolute atomic E-state index is 0.154. The molecule has 3 aromatic rings. The monoisotopic (exact) mass is 443 g/mol. The Morgan fingerprint density at radius 3 is 2.35 bits per heavy atom. The summed E-state index contributed by atoms with van der Waals surface area (Å²) in [6.45, 7) is 7.25. The van der Waals surface area contributed by atoms with E-state index >= 15 is 0 Å². The Labute approximate surface area is 183 Å². The van der Waals surface area contributed by atoms with Crippen molar-refractivity contribution < 1.29 is 17.9 Å². The SMILES string of the molecule is CCCN1CCN(c2cccc3c2ccn3S(=O)(=O)c2ccc(OC)c(OC)c2)CC1. The highest BCUT2D eigenvalue weighted by atomic mass is 32.2. The first-order valence-electron chi connectivity index (χ1n) is 10.5. The van der Waals surface area contributed by atoms with E-state index in [1.54, 1.807) is 18.3 Å². The highest BCUT2D eigenvalue weighted by molar-refractivity contribution is 7.90. The zero-order chi connectivity index (χ0) is 22.0. The second-order valence-corrected chi connectivity index (χ2v) is 9.49. The molecular weight excluding hydrogens is 414 g/mol. The third kappa shape index (κ3) is 3.97. The van der Waals surface area contributed by atoms with Crippen molar-refractivity contribution in [2.75, 3.05) is 51.8 Å². The summed E-state index contributed by atoms with van der Waals surface area (Å²) >= 11 is 0. The van der Waals surface area contributed by atoms with Crippen molar-refractivity contribution >= 4 is 26.6 Å². The smallest absolute Gasteiger partial charge is 0.268 e. The Bertz CT molecular complexity index is 1160. The Morgan fingerprint density at radius 1 is 0.935 bits per heavy atom. The molecule has 2 aromatic carbocycles. The van der Waals surface area contributed by atoms with Gasteiger partial charge in [0, 0.05) is 49.5 Å². The van der Waals surface area contributed by atoms with E-state index in [0.29, 0.717) is 17.0 Å². The van der Waals surface area contributed by atoms with Crippen LogP contribution in [-0.4, -0.2) is 64.2 Å². The summed E-state index contributed by atoms with van der Waals surface area (Å²) in [5, 5.41) is 0.940. The number of benzene rings is 2. The molecule has 0 amide bonds. The van der Waals surface area contributed by atoms with Crippen molar-refractivity contribution in [3.05, 3.63) is 48.7 Å². The molecule has 1 aliphatic rings. The van der Waals surface area contributed by atoms with Crippen LogP contribution >= 0.6 is 0 Å². The Balaban J connectivity index is 1.69. The van der Waals surface area contributed by atoms with E-state index < -0.39 is 10.0 Å². The maximum absolute atomic E-state index is 13.4. The van der Waals surface area contributed by atoms with Gasteiger partial charge in [-0.2, -0.15) is 0 Å². The quantitative estimate of drug-likeness (QED) is 0.558. The Hall–Kier alpha value is -2.71. The molecule has 0 spiro atoms. The lowest BCUT2D eigenvalue weighted by atomic mass is 10.1. The maximum Gasteiger partial charge on any atom is 0.268 e. The standard InChI is InChI=1S/C23H29N3O4S/c1-4-11-24-13-15-25(16-14-24)20-6-5-7-21-19(20)10-12-26(21)31(27,28)18-8-9-22(29-2)23(17-18)30-3/h5-10,12,17H,4,11,13-16H2,1-3H3. The van der Waals surface area contributed by atoms with Crippen LogP contribution in [0, 0.1) is 0 Å². The van der Waals surface area contributed by atoms with E-state index in [1.807, 2.05) is 18.2 Å². The predicted molar refractivity (Wildman–Crippen MR) is 123 cm³/mol. The lowest BCUT2D eigenvalue weighted by molar-refractivity contribution is 0.258. The van der Waals surface area contributed by atoms with Crippen LogP contribution in [0.25, 0.3) is 10.9 Å². The minimum Gasteiger partial charge on any atom is -0.493 e. The molecule has 1 saturated heterocycles. The number of rotatable bonds is 7. The molecule has 0 N–H and O–H groups in total. The van der Waals surface area contributed by atoms with E-state index in [4.69, 9.17) is 9.47 Å². The van der Waals surface area contributed by atoms with Crippen LogP contribution in [0.15, 0.2) is 53.6 Å². The summed E-state index contributed by atoms with van der Waals surface area (Å²) < 4.78 is 38.7. The van der Waals surface area contributed by atoms with Crippen molar-refractivity contribution in [1.82, 2.24) is 8.87 Å². The molecule has 0 bridgehead atoms. The van der Waals surface area contributed by atoms with Gasteiger partial charge in [-0.05, 0) is 43.3 Å². The fraction of sp³-hybridized carbons (Fsp3) is 0.391. The van der Waals surface area contributed by atoms with Gasteiger partial charge in [-0.3, -0.25) is 4.90 Å². The molecule has 31 heavy (non-hydrogen) atoms. The van der Waals surface area contributed by atoms with Crippen LogP contribution in [0.5, 0.6) is 11.5 Å². The van der Waals surface area contributed by atoms with Gasteiger partial charge >= 0.3 is 0 Å². The molecule has 1 aliphatic heterocycles. The summed E-state index contributed by atoms with van der Waals surface area (Å²) in [6.07, 6.45) is 2.79. The summed E-state index contributed by atoms with van der Waals surface area (Å²) in [5.41, 5.74) is 1.75. The summed E-state index contributed by atoms with van der Waals surface area (Å²) in [5.74, 6) is 0.869. The number of anilines is 1. The first-order valence-corrected chi connectivity index (χ1v) is 12.0. The molecule has 0 saturated carbocycles. The lowest BCUT2D eigenvalue weighted by Crippen LogP contribution is -2.46. The van der Waals surface area contributed by atoms with Crippen LogP contribution in [-0.2, 0) is 10.0 Å². The van der Waals surface area contributed by atoms with Crippen molar-refractivity contribution in [1.29, 1.82) is 0 Å². The van der Waals surface area contributed by atoms with Gasteiger partial charge in [-0.15, -0.1) is 0 Å². The summed E-state index contributed by atoms with van der Waals surface area (Å²) in [7, 11) is -0.774. The van der Waals surface area contributed by atoms with Crippen LogP contribution in [0.2, 0.25) is 0 Å². The first kappa shape index (κ1) is 21.5. The van der Waals surface area contributed by atoms with Gasteiger partial charge in [0.15, 0.2) is 11.5 Å². The molecule has 0 unspecified atom stereocenters. The van der Waals surface area contributed by atoms with Gasteiger partial charge in [0.05, 0.1) is 24.6 Å². The van der Waals surface area contributed by atoms with Gasteiger partial charge in [-0.1, -0.05) is 13.0 Å². The van der Waals surface area contributed by atoms with E-state index in [2.05, 4.69) is 22.8 Å². The number of hydrogen-bond acceptors (Lipinski definition) is 6. The zero-order valence-corrected chi connectivity index (χ0v) is 19.1. The van der Waals surface area contributed by atoms with Gasteiger partial charge in [0.25, 0.3) is 10.0 Å². The number of methoxy groups -OCH3 is 2. The molecule has 2 heterocycles. The van der Waals surface area contributed by atoms with Crippen LogP contribution in [0.3, 0.4) is 0 Å². The van der Waals surface area contributed by atoms with Gasteiger partial charge < -0.3 is 14.4 Å². The molecule has 1 aromatic heterocycles. The molecule has 1 fully saturated rings. The lowest BCUT2D eigenvalue weighted by Gasteiger charge is -2.36. The van der Waals surface area contributed by atoms with Gasteiger partial charge in [-0.25, -0.2) is 12.4 Å². The number of nitrogens with zero attached hydrogens (tertiary/aromatic N) is 3. The van der Waals surface area contributed by atoms with E-state index in [0.717, 1.165) is 50.2 Å². The highest BCUT2D eigenvalue weighted by Gasteiger charge is 2.23. The molecule has 8 heteroatoms. The number of aromatic nitrogens is 1. The molecule has 7 nitrogen and oxygen atoms in total. The minimum atomic E-state index is -3.79. The summed E-state index contributed by atoms with van der Waals surface area (Å²) in [6, 6.07) is 12.4. The highest BCUT2D eigenvalue weighted by Crippen LogP contribution is 2.33. The van der Waals surface area contributed by atoms with E-state index in [9.17, 15) is 8.42 Å². The van der Waals surface area contributed by atoms with Crippen molar-refractivity contribution in [3.8, 4) is 11.5 Å². The van der Waals surface area contributed by atoms with Crippen molar-refractivity contribution in [3.63, 3.8) is 0 Å². The van der Waals surface area contributed by atoms with Gasteiger partial charge in [0.2, 0.25) is 0 Å². The average Bonchev–Trinajstić information content (AvgIpc) is 3.24. The van der Waals surface area contributed by atoms with Crippen molar-refractivity contribution in [2.24, 2.45) is 0 Å². The van der Waals surface area contributed by atoms with E-state index in [1.165, 1.54) is 24.3 Å². The second kappa shape index (κ2) is 8.80. The maximum atomic E-state index is 13.4. The Morgan fingerprint density at radius 2 is 1.68 bits per heavy atom. The zero-order valence-electron chi connectivity index (χ0n) is 18.2. The van der Waals surface area contributed by atoms with Crippen LogP contribution in [0.4, 0.5) is 5.69 Å². The predicted octanol–water partition coefficient (Wildman–Crippen LogP) is 3.43. The fourth-order valence-electron chi connectivity index (χ4n) is 4.23. The molecular formula is C23H29N3O4S. The number of piperazine rings is 1. The van der Waals surface area contributed by atoms with Gasteiger partial charge in [0.1, 0.15) is 0 Å². The third-order valence-electron chi connectivity index (χ3n) is 5.84. The fourth-order valence-corrected chi connectivity index (χ4v) is 5.59. The first-order chi connectivity index (χ1) is 15.0. The molecule has 0 aliphatic carbocycles. The van der Waals surface area contributed by atoms with E-state index in [-0.39, 0.29) is 4.90 Å². The van der Waals surface area contributed by atoms with Crippen molar-refractivity contribution in [2.45, 2.75) is 18.2 Å². The number of hydrogen-bond donors (Lipinski definition) is 0. The second-order valence-electron chi connectivity index (χ2n) is 7.67. The Kier molecular flexibility index (Phi) is 6.11. The molecule has 0 radical (unpaired) electrons. The molecule has 166 valence electrons. The summed E-state index contributed by atoms with van der Waals surface area (Å²) in [4.78, 5) is 4.98. The third-order valence-corrected chi connectivity index (χ3v) is 7.52. The topological polar surface area (TPSA) is 64.0 Å². The largest absolute Gasteiger partial charge is 0.493 e. The normalized spacial score (nSPS) is 15.4. The molecule has 0 atom stereocenters. The average molecular weight is 444 g/mol. The number of ether oxygens (including phenoxy) is 2. The van der Waals surface area contributed by atoms with Crippen LogP contribution in [0.1, 0.15) is 13.3 Å². The molecule has 4 rings (SSSR count). The number of fused-ring (bicyclic) bond motifs is 1.